The number of hydrogen-bond donors (Lipinski definition) is 2. The van der Waals surface area contributed by atoms with Gasteiger partial charge < -0.3 is 5.32 Å². The molecule has 0 spiro atoms. The number of H-pyrrole nitrogens is 1. The molecule has 2 N–H and O–H groups in total. The van der Waals surface area contributed by atoms with Crippen LogP contribution in [0.1, 0.15) is 55.5 Å². The van der Waals surface area contributed by atoms with Crippen LogP contribution in [-0.2, 0) is 13.1 Å². The standard InChI is InChI=1S/C31H37N7/c1-23(34-27-10-11-33-28(18-27)22-38-14-6-3-7-15-38)31-29-17-25(8-9-30(29)35-36-31)26-16-24(19-32-20-26)21-37-12-4-2-5-13-37/h8-11,16-20H,1-7,12-15,21-22H2,(H,33,34)(H,35,36). The van der Waals surface area contributed by atoms with E-state index in [9.17, 15) is 0 Å². The third kappa shape index (κ3) is 5.79. The fourth-order valence-electron chi connectivity index (χ4n) is 5.75. The fourth-order valence-corrected chi connectivity index (χ4v) is 5.75. The number of benzene rings is 1. The van der Waals surface area contributed by atoms with Gasteiger partial charge in [0.05, 0.1) is 16.9 Å². The number of anilines is 1. The zero-order chi connectivity index (χ0) is 25.7. The highest BCUT2D eigenvalue weighted by Crippen LogP contribution is 2.29. The minimum Gasteiger partial charge on any atom is -0.354 e. The van der Waals surface area contributed by atoms with Crippen LogP contribution in [0, 0.1) is 0 Å². The lowest BCUT2D eigenvalue weighted by Gasteiger charge is -2.26. The van der Waals surface area contributed by atoms with E-state index in [0.29, 0.717) is 0 Å². The van der Waals surface area contributed by atoms with Gasteiger partial charge in [0.2, 0.25) is 0 Å². The van der Waals surface area contributed by atoms with E-state index >= 15 is 0 Å². The van der Waals surface area contributed by atoms with Gasteiger partial charge in [-0.3, -0.25) is 24.9 Å². The number of aromatic amines is 1. The lowest BCUT2D eigenvalue weighted by molar-refractivity contribution is 0.218. The first-order valence-electron chi connectivity index (χ1n) is 14.0. The van der Waals surface area contributed by atoms with Crippen molar-refractivity contribution in [2.75, 3.05) is 31.5 Å². The third-order valence-corrected chi connectivity index (χ3v) is 7.78. The molecule has 196 valence electrons. The molecular formula is C31H37N7. The lowest BCUT2D eigenvalue weighted by atomic mass is 10.0. The van der Waals surface area contributed by atoms with Gasteiger partial charge >= 0.3 is 0 Å². The molecule has 2 saturated heterocycles. The number of nitrogens with zero attached hydrogens (tertiary/aromatic N) is 5. The van der Waals surface area contributed by atoms with E-state index in [1.54, 1.807) is 0 Å². The highest BCUT2D eigenvalue weighted by Gasteiger charge is 2.15. The average molecular weight is 508 g/mol. The molecule has 0 amide bonds. The quantitative estimate of drug-likeness (QED) is 0.301. The molecule has 2 aliphatic heterocycles. The summed E-state index contributed by atoms with van der Waals surface area (Å²) in [7, 11) is 0. The van der Waals surface area contributed by atoms with Crippen molar-refractivity contribution in [1.29, 1.82) is 0 Å². The van der Waals surface area contributed by atoms with Crippen LogP contribution < -0.4 is 5.32 Å². The molecule has 0 saturated carbocycles. The molecule has 6 rings (SSSR count). The number of rotatable bonds is 8. The van der Waals surface area contributed by atoms with Crippen LogP contribution in [0.2, 0.25) is 0 Å². The van der Waals surface area contributed by atoms with Crippen LogP contribution >= 0.6 is 0 Å². The predicted molar refractivity (Wildman–Crippen MR) is 154 cm³/mol. The van der Waals surface area contributed by atoms with Crippen molar-refractivity contribution in [3.8, 4) is 11.1 Å². The van der Waals surface area contributed by atoms with Gasteiger partial charge in [-0.15, -0.1) is 0 Å². The first kappa shape index (κ1) is 24.8. The van der Waals surface area contributed by atoms with Crippen LogP contribution in [0.5, 0.6) is 0 Å². The van der Waals surface area contributed by atoms with Gasteiger partial charge in [0.1, 0.15) is 5.69 Å². The molecule has 2 aliphatic rings. The Kier molecular flexibility index (Phi) is 7.47. The van der Waals surface area contributed by atoms with Crippen molar-refractivity contribution < 1.29 is 0 Å². The Labute approximate surface area is 225 Å². The predicted octanol–water partition coefficient (Wildman–Crippen LogP) is 6.07. The van der Waals surface area contributed by atoms with E-state index < -0.39 is 0 Å². The van der Waals surface area contributed by atoms with Crippen molar-refractivity contribution in [1.82, 2.24) is 30.0 Å². The zero-order valence-electron chi connectivity index (χ0n) is 22.1. The monoisotopic (exact) mass is 507 g/mol. The van der Waals surface area contributed by atoms with Crippen molar-refractivity contribution >= 4 is 22.3 Å². The molecule has 5 heterocycles. The molecule has 0 bridgehead atoms. The normalized spacial score (nSPS) is 17.1. The number of pyridine rings is 2. The second-order valence-corrected chi connectivity index (χ2v) is 10.7. The molecule has 1 aromatic carbocycles. The van der Waals surface area contributed by atoms with Crippen molar-refractivity contribution in [3.63, 3.8) is 0 Å². The first-order valence-corrected chi connectivity index (χ1v) is 14.0. The molecule has 0 radical (unpaired) electrons. The van der Waals surface area contributed by atoms with Crippen LogP contribution in [0.15, 0.2) is 61.6 Å². The average Bonchev–Trinajstić information content (AvgIpc) is 3.38. The summed E-state index contributed by atoms with van der Waals surface area (Å²) in [6.07, 6.45) is 13.7. The molecule has 7 heteroatoms. The van der Waals surface area contributed by atoms with E-state index in [0.717, 1.165) is 71.0 Å². The highest BCUT2D eigenvalue weighted by molar-refractivity contribution is 5.95. The van der Waals surface area contributed by atoms with Crippen LogP contribution in [0.25, 0.3) is 27.7 Å². The summed E-state index contributed by atoms with van der Waals surface area (Å²) >= 11 is 0. The van der Waals surface area contributed by atoms with Gasteiger partial charge in [0, 0.05) is 48.3 Å². The maximum atomic E-state index is 4.60. The summed E-state index contributed by atoms with van der Waals surface area (Å²) < 4.78 is 0. The van der Waals surface area contributed by atoms with Gasteiger partial charge in [-0.1, -0.05) is 25.5 Å². The second-order valence-electron chi connectivity index (χ2n) is 10.7. The van der Waals surface area contributed by atoms with Crippen LogP contribution in [0.4, 0.5) is 5.69 Å². The highest BCUT2D eigenvalue weighted by atomic mass is 15.1. The third-order valence-electron chi connectivity index (χ3n) is 7.78. The molecule has 2 fully saturated rings. The van der Waals surface area contributed by atoms with E-state index in [1.165, 1.54) is 57.2 Å². The number of nitrogens with one attached hydrogen (secondary N) is 2. The van der Waals surface area contributed by atoms with Gasteiger partial charge in [-0.05, 0) is 93.3 Å². The summed E-state index contributed by atoms with van der Waals surface area (Å²) in [5, 5.41) is 12.3. The smallest absolute Gasteiger partial charge is 0.116 e. The number of piperidine rings is 2. The summed E-state index contributed by atoms with van der Waals surface area (Å²) in [5.74, 6) is 0. The van der Waals surface area contributed by atoms with Crippen LogP contribution in [-0.4, -0.2) is 56.1 Å². The molecule has 3 aromatic heterocycles. The maximum Gasteiger partial charge on any atom is 0.116 e. The molecule has 38 heavy (non-hydrogen) atoms. The Hall–Kier alpha value is -3.55. The summed E-state index contributed by atoms with van der Waals surface area (Å²) in [6, 6.07) is 12.8. The molecular weight excluding hydrogens is 470 g/mol. The number of hydrogen-bond acceptors (Lipinski definition) is 6. The van der Waals surface area contributed by atoms with E-state index in [2.05, 4.69) is 72.2 Å². The number of likely N-dealkylation sites (tertiary alicyclic amines) is 2. The second kappa shape index (κ2) is 11.5. The number of fused-ring (bicyclic) bond motifs is 1. The van der Waals surface area contributed by atoms with Gasteiger partial charge in [-0.2, -0.15) is 5.10 Å². The summed E-state index contributed by atoms with van der Waals surface area (Å²) in [6.45, 7) is 10.9. The fraction of sp³-hybridized carbons (Fsp3) is 0.387. The maximum absolute atomic E-state index is 4.60. The van der Waals surface area contributed by atoms with E-state index in [1.807, 2.05) is 24.7 Å². The Morgan fingerprint density at radius 2 is 1.61 bits per heavy atom. The SMILES string of the molecule is C=C(Nc1ccnc(CN2CCCCC2)c1)c1n[nH]c2ccc(-c3cncc(CN4CCCCC4)c3)cc12. The van der Waals surface area contributed by atoms with E-state index in [4.69, 9.17) is 0 Å². The zero-order valence-corrected chi connectivity index (χ0v) is 22.1. The Morgan fingerprint density at radius 1 is 0.842 bits per heavy atom. The minimum atomic E-state index is 0.764. The van der Waals surface area contributed by atoms with Gasteiger partial charge in [0.15, 0.2) is 0 Å². The van der Waals surface area contributed by atoms with Crippen molar-refractivity contribution in [2.24, 2.45) is 0 Å². The van der Waals surface area contributed by atoms with Crippen LogP contribution in [0.3, 0.4) is 0 Å². The van der Waals surface area contributed by atoms with E-state index in [-0.39, 0.29) is 0 Å². The largest absolute Gasteiger partial charge is 0.354 e. The Balaban J connectivity index is 1.19. The molecule has 0 aliphatic carbocycles. The lowest BCUT2D eigenvalue weighted by Crippen LogP contribution is -2.29. The summed E-state index contributed by atoms with van der Waals surface area (Å²) in [5.41, 5.74) is 8.17. The van der Waals surface area contributed by atoms with Gasteiger partial charge in [0.25, 0.3) is 0 Å². The Morgan fingerprint density at radius 3 is 2.39 bits per heavy atom. The topological polar surface area (TPSA) is 73.0 Å². The van der Waals surface area contributed by atoms with Crippen molar-refractivity contribution in [3.05, 3.63) is 78.5 Å². The Bertz CT molecular complexity index is 1400. The molecule has 7 nitrogen and oxygen atoms in total. The molecule has 0 atom stereocenters. The molecule has 0 unspecified atom stereocenters. The van der Waals surface area contributed by atoms with Crippen molar-refractivity contribution in [2.45, 2.75) is 51.6 Å². The van der Waals surface area contributed by atoms with Gasteiger partial charge in [-0.25, -0.2) is 0 Å². The number of aromatic nitrogens is 4. The minimum absolute atomic E-state index is 0.764. The summed E-state index contributed by atoms with van der Waals surface area (Å²) in [4.78, 5) is 14.2. The first-order chi connectivity index (χ1) is 18.7. The molecule has 4 aromatic rings.